The highest BCUT2D eigenvalue weighted by Gasteiger charge is 2.41. The number of alkyl halides is 2. The number of anilines is 1. The first-order chi connectivity index (χ1) is 7.97. The van der Waals surface area contributed by atoms with Gasteiger partial charge >= 0.3 is 6.61 Å². The van der Waals surface area contributed by atoms with Gasteiger partial charge in [-0.3, -0.25) is 4.79 Å². The highest BCUT2D eigenvalue weighted by molar-refractivity contribution is 6.06. The smallest absolute Gasteiger partial charge is 0.387 e. The molecule has 1 heterocycles. The van der Waals surface area contributed by atoms with Gasteiger partial charge in [-0.2, -0.15) is 8.78 Å². The van der Waals surface area contributed by atoms with Crippen molar-refractivity contribution >= 4 is 11.6 Å². The van der Waals surface area contributed by atoms with Crippen LogP contribution in [0.5, 0.6) is 5.75 Å². The average molecular weight is 241 g/mol. The molecular weight excluding hydrogens is 228 g/mol. The summed E-state index contributed by atoms with van der Waals surface area (Å²) in [5, 5.41) is 2.74. The van der Waals surface area contributed by atoms with E-state index in [0.29, 0.717) is 17.7 Å². The lowest BCUT2D eigenvalue weighted by Crippen LogP contribution is -2.29. The van der Waals surface area contributed by atoms with Gasteiger partial charge in [0, 0.05) is 5.69 Å². The summed E-state index contributed by atoms with van der Waals surface area (Å²) in [6.07, 6.45) is 0.601. The van der Waals surface area contributed by atoms with Gasteiger partial charge in [-0.25, -0.2) is 0 Å². The maximum Gasteiger partial charge on any atom is 0.387 e. The summed E-state index contributed by atoms with van der Waals surface area (Å²) in [7, 11) is 0. The molecule has 1 aromatic rings. The van der Waals surface area contributed by atoms with Crippen molar-refractivity contribution in [3.8, 4) is 5.75 Å². The highest BCUT2D eigenvalue weighted by Crippen LogP contribution is 2.41. The maximum atomic E-state index is 12.1. The number of halogens is 2. The van der Waals surface area contributed by atoms with Gasteiger partial charge < -0.3 is 10.1 Å². The summed E-state index contributed by atoms with van der Waals surface area (Å²) in [4.78, 5) is 11.8. The van der Waals surface area contributed by atoms with E-state index in [1.807, 2.05) is 6.92 Å². The third-order valence-electron chi connectivity index (χ3n) is 3.27. The van der Waals surface area contributed by atoms with E-state index in [-0.39, 0.29) is 11.7 Å². The molecule has 0 fully saturated rings. The topological polar surface area (TPSA) is 38.3 Å². The zero-order valence-electron chi connectivity index (χ0n) is 9.59. The molecule has 1 N–H and O–H groups in total. The van der Waals surface area contributed by atoms with E-state index in [0.717, 1.165) is 0 Å². The number of carbonyl (C=O) groups is 1. The van der Waals surface area contributed by atoms with Crippen molar-refractivity contribution < 1.29 is 18.3 Å². The van der Waals surface area contributed by atoms with Crippen LogP contribution in [0.2, 0.25) is 0 Å². The van der Waals surface area contributed by atoms with Crippen molar-refractivity contribution in [1.29, 1.82) is 0 Å². The normalized spacial score (nSPS) is 22.5. The minimum absolute atomic E-state index is 0.0786. The van der Waals surface area contributed by atoms with Crippen LogP contribution in [0.25, 0.3) is 0 Å². The fourth-order valence-corrected chi connectivity index (χ4v) is 2.00. The lowest BCUT2D eigenvalue weighted by atomic mass is 9.81. The maximum absolute atomic E-state index is 12.1. The van der Waals surface area contributed by atoms with Crippen LogP contribution in [-0.4, -0.2) is 12.5 Å². The van der Waals surface area contributed by atoms with Crippen LogP contribution in [0.3, 0.4) is 0 Å². The van der Waals surface area contributed by atoms with E-state index >= 15 is 0 Å². The molecule has 1 unspecified atom stereocenters. The third-order valence-corrected chi connectivity index (χ3v) is 3.27. The zero-order chi connectivity index (χ0) is 12.6. The Kier molecular flexibility index (Phi) is 2.77. The van der Waals surface area contributed by atoms with Crippen LogP contribution in [0.15, 0.2) is 18.2 Å². The Bertz CT molecular complexity index is 462. The van der Waals surface area contributed by atoms with E-state index in [4.69, 9.17) is 0 Å². The van der Waals surface area contributed by atoms with Crippen molar-refractivity contribution in [3.63, 3.8) is 0 Å². The summed E-state index contributed by atoms with van der Waals surface area (Å²) in [6.45, 7) is 0.821. The van der Waals surface area contributed by atoms with Gasteiger partial charge in [-0.05, 0) is 37.1 Å². The van der Waals surface area contributed by atoms with Gasteiger partial charge in [0.2, 0.25) is 5.91 Å². The molecule has 2 rings (SSSR count). The van der Waals surface area contributed by atoms with E-state index in [1.165, 1.54) is 12.1 Å². The molecule has 92 valence electrons. The molecule has 1 aromatic carbocycles. The van der Waals surface area contributed by atoms with Crippen molar-refractivity contribution in [1.82, 2.24) is 0 Å². The molecule has 0 saturated carbocycles. The molecule has 0 radical (unpaired) electrons. The minimum atomic E-state index is -2.86. The van der Waals surface area contributed by atoms with E-state index in [2.05, 4.69) is 10.1 Å². The lowest BCUT2D eigenvalue weighted by Gasteiger charge is -2.20. The molecule has 1 atom stereocenters. The summed E-state index contributed by atoms with van der Waals surface area (Å²) >= 11 is 0. The van der Waals surface area contributed by atoms with E-state index < -0.39 is 12.0 Å². The van der Waals surface area contributed by atoms with Crippen LogP contribution in [-0.2, 0) is 10.2 Å². The number of nitrogens with one attached hydrogen (secondary N) is 1. The molecule has 3 nitrogen and oxygen atoms in total. The standard InChI is InChI=1S/C12H13F2NO2/c1-3-12(2)8-6-7(17-11(13)14)4-5-9(8)15-10(12)16/h4-6,11H,3H2,1-2H3,(H,15,16). The van der Waals surface area contributed by atoms with Crippen LogP contribution in [0, 0.1) is 0 Å². The number of fused-ring (bicyclic) bond motifs is 1. The number of benzene rings is 1. The Morgan fingerprint density at radius 3 is 2.76 bits per heavy atom. The van der Waals surface area contributed by atoms with Gasteiger partial charge in [0.25, 0.3) is 0 Å². The Labute approximate surface area is 97.8 Å². The molecule has 1 amide bonds. The number of ether oxygens (including phenoxy) is 1. The largest absolute Gasteiger partial charge is 0.435 e. The SMILES string of the molecule is CCC1(C)C(=O)Nc2ccc(OC(F)F)cc21. The number of hydrogen-bond donors (Lipinski definition) is 1. The number of carbonyl (C=O) groups excluding carboxylic acids is 1. The van der Waals surface area contributed by atoms with Gasteiger partial charge in [0.1, 0.15) is 5.75 Å². The van der Waals surface area contributed by atoms with Crippen LogP contribution in [0.4, 0.5) is 14.5 Å². The fourth-order valence-electron chi connectivity index (χ4n) is 2.00. The summed E-state index contributed by atoms with van der Waals surface area (Å²) in [5.74, 6) is -0.0286. The first-order valence-electron chi connectivity index (χ1n) is 5.38. The van der Waals surface area contributed by atoms with Crippen molar-refractivity contribution in [3.05, 3.63) is 23.8 Å². The minimum Gasteiger partial charge on any atom is -0.435 e. The van der Waals surface area contributed by atoms with Crippen molar-refractivity contribution in [2.24, 2.45) is 0 Å². The monoisotopic (exact) mass is 241 g/mol. The first kappa shape index (κ1) is 11.8. The molecule has 0 spiro atoms. The molecule has 0 aromatic heterocycles. The van der Waals surface area contributed by atoms with Crippen molar-refractivity contribution in [2.75, 3.05) is 5.32 Å². The second-order valence-corrected chi connectivity index (χ2v) is 4.23. The number of amides is 1. The van der Waals surface area contributed by atoms with Crippen molar-refractivity contribution in [2.45, 2.75) is 32.3 Å². The van der Waals surface area contributed by atoms with Gasteiger partial charge in [0.15, 0.2) is 0 Å². The van der Waals surface area contributed by atoms with Crippen LogP contribution < -0.4 is 10.1 Å². The molecule has 0 bridgehead atoms. The van der Waals surface area contributed by atoms with Crippen LogP contribution in [0.1, 0.15) is 25.8 Å². The summed E-state index contributed by atoms with van der Waals surface area (Å²) in [6, 6.07) is 4.52. The zero-order valence-corrected chi connectivity index (χ0v) is 9.59. The van der Waals surface area contributed by atoms with Crippen LogP contribution >= 0.6 is 0 Å². The third kappa shape index (κ3) is 1.85. The Hall–Kier alpha value is -1.65. The predicted octanol–water partition coefficient (Wildman–Crippen LogP) is 2.91. The molecule has 0 saturated heterocycles. The quantitative estimate of drug-likeness (QED) is 0.883. The summed E-state index contributed by atoms with van der Waals surface area (Å²) in [5.41, 5.74) is 0.709. The molecular formula is C12H13F2NO2. The molecule has 1 aliphatic rings. The lowest BCUT2D eigenvalue weighted by molar-refractivity contribution is -0.120. The number of hydrogen-bond acceptors (Lipinski definition) is 2. The number of rotatable bonds is 3. The van der Waals surface area contributed by atoms with Gasteiger partial charge in [0.05, 0.1) is 5.41 Å². The molecule has 0 aliphatic carbocycles. The Morgan fingerprint density at radius 2 is 2.18 bits per heavy atom. The molecule has 1 aliphatic heterocycles. The Morgan fingerprint density at radius 1 is 1.47 bits per heavy atom. The molecule has 5 heteroatoms. The second-order valence-electron chi connectivity index (χ2n) is 4.23. The van der Waals surface area contributed by atoms with Gasteiger partial charge in [-0.15, -0.1) is 0 Å². The van der Waals surface area contributed by atoms with E-state index in [1.54, 1.807) is 13.0 Å². The van der Waals surface area contributed by atoms with Gasteiger partial charge in [-0.1, -0.05) is 6.92 Å². The van der Waals surface area contributed by atoms with E-state index in [9.17, 15) is 13.6 Å². The second kappa shape index (κ2) is 3.98. The summed E-state index contributed by atoms with van der Waals surface area (Å²) < 4.78 is 28.6. The first-order valence-corrected chi connectivity index (χ1v) is 5.38. The molecule has 17 heavy (non-hydrogen) atoms. The fraction of sp³-hybridized carbons (Fsp3) is 0.417. The highest BCUT2D eigenvalue weighted by atomic mass is 19.3. The average Bonchev–Trinajstić information content (AvgIpc) is 2.52. The predicted molar refractivity (Wildman–Crippen MR) is 59.3 cm³/mol. The Balaban J connectivity index is 2.42.